The molecule has 5 heteroatoms. The summed E-state index contributed by atoms with van der Waals surface area (Å²) in [5.74, 6) is -1.28. The Balaban J connectivity index is 1.56. The SMILES string of the molecule is CC1CCC(C(=O)O)CN1C(=O)Cc1coc2cc3c(cc12)CCC3. The van der Waals surface area contributed by atoms with Crippen LogP contribution in [0.5, 0.6) is 0 Å². The lowest BCUT2D eigenvalue weighted by molar-refractivity contribution is -0.147. The van der Waals surface area contributed by atoms with Crippen molar-refractivity contribution < 1.29 is 19.1 Å². The van der Waals surface area contributed by atoms with Crippen molar-refractivity contribution in [3.63, 3.8) is 0 Å². The number of carboxylic acid groups (broad SMARTS) is 1. The van der Waals surface area contributed by atoms with E-state index < -0.39 is 11.9 Å². The first kappa shape index (κ1) is 16.2. The van der Waals surface area contributed by atoms with Gasteiger partial charge in [-0.1, -0.05) is 0 Å². The second kappa shape index (κ2) is 6.21. The van der Waals surface area contributed by atoms with Gasteiger partial charge in [0.25, 0.3) is 0 Å². The smallest absolute Gasteiger partial charge is 0.308 e. The second-order valence-electron chi connectivity index (χ2n) is 7.42. The predicted molar refractivity (Wildman–Crippen MR) is 93.5 cm³/mol. The molecule has 1 aromatic heterocycles. The van der Waals surface area contributed by atoms with Crippen LogP contribution in [0.25, 0.3) is 11.0 Å². The Morgan fingerprint density at radius 3 is 2.76 bits per heavy atom. The van der Waals surface area contributed by atoms with Crippen LogP contribution in [0.2, 0.25) is 0 Å². The standard InChI is InChI=1S/C20H23NO4/c1-12-5-6-15(20(23)24)10-21(12)19(22)9-16-11-25-18-8-14-4-2-3-13(14)7-17(16)18/h7-8,11-12,15H,2-6,9-10H2,1H3,(H,23,24). The monoisotopic (exact) mass is 341 g/mol. The number of carbonyl (C=O) groups excluding carboxylic acids is 1. The average molecular weight is 341 g/mol. The van der Waals surface area contributed by atoms with Crippen molar-refractivity contribution >= 4 is 22.8 Å². The number of benzene rings is 1. The summed E-state index contributed by atoms with van der Waals surface area (Å²) in [6.45, 7) is 2.30. The molecule has 1 amide bonds. The Hall–Kier alpha value is -2.30. The van der Waals surface area contributed by atoms with E-state index in [2.05, 4.69) is 12.1 Å². The van der Waals surface area contributed by atoms with Gasteiger partial charge >= 0.3 is 5.97 Å². The number of hydrogen-bond acceptors (Lipinski definition) is 3. The van der Waals surface area contributed by atoms with Crippen molar-refractivity contribution in [2.24, 2.45) is 5.92 Å². The zero-order valence-electron chi connectivity index (χ0n) is 14.5. The Kier molecular flexibility index (Phi) is 4.02. The fourth-order valence-corrected chi connectivity index (χ4v) is 4.21. The van der Waals surface area contributed by atoms with Crippen molar-refractivity contribution in [1.29, 1.82) is 0 Å². The summed E-state index contributed by atoms with van der Waals surface area (Å²) in [7, 11) is 0. The number of hydrogen-bond donors (Lipinski definition) is 1. The minimum Gasteiger partial charge on any atom is -0.481 e. The normalized spacial score (nSPS) is 23.0. The summed E-state index contributed by atoms with van der Waals surface area (Å²) in [5.41, 5.74) is 4.46. The van der Waals surface area contributed by atoms with Gasteiger partial charge in [-0.15, -0.1) is 0 Å². The number of likely N-dealkylation sites (tertiary alicyclic amines) is 1. The molecule has 0 bridgehead atoms. The molecule has 2 aliphatic rings. The molecule has 1 aliphatic heterocycles. The molecule has 0 saturated carbocycles. The van der Waals surface area contributed by atoms with Crippen molar-refractivity contribution in [1.82, 2.24) is 4.90 Å². The van der Waals surface area contributed by atoms with Gasteiger partial charge in [-0.3, -0.25) is 9.59 Å². The van der Waals surface area contributed by atoms with Crippen molar-refractivity contribution in [3.8, 4) is 0 Å². The minimum absolute atomic E-state index is 0.0124. The summed E-state index contributed by atoms with van der Waals surface area (Å²) in [6.07, 6.45) is 6.69. The number of amides is 1. The van der Waals surface area contributed by atoms with Gasteiger partial charge in [-0.25, -0.2) is 0 Å². The van der Waals surface area contributed by atoms with Gasteiger partial charge in [0.15, 0.2) is 0 Å². The van der Waals surface area contributed by atoms with Gasteiger partial charge in [0, 0.05) is 23.5 Å². The van der Waals surface area contributed by atoms with E-state index in [4.69, 9.17) is 4.42 Å². The molecule has 1 fully saturated rings. The van der Waals surface area contributed by atoms with E-state index in [0.717, 1.165) is 35.8 Å². The van der Waals surface area contributed by atoms with E-state index in [1.165, 1.54) is 17.5 Å². The lowest BCUT2D eigenvalue weighted by Gasteiger charge is -2.36. The minimum atomic E-state index is -0.811. The number of carboxylic acids is 1. The van der Waals surface area contributed by atoms with Crippen molar-refractivity contribution in [2.45, 2.75) is 51.5 Å². The number of fused-ring (bicyclic) bond motifs is 2. The van der Waals surface area contributed by atoms with Gasteiger partial charge in [0.05, 0.1) is 18.6 Å². The zero-order valence-corrected chi connectivity index (χ0v) is 14.5. The van der Waals surface area contributed by atoms with E-state index in [9.17, 15) is 14.7 Å². The highest BCUT2D eigenvalue weighted by atomic mass is 16.4. The van der Waals surface area contributed by atoms with Crippen LogP contribution in [0, 0.1) is 5.92 Å². The number of nitrogens with zero attached hydrogens (tertiary/aromatic N) is 1. The maximum Gasteiger partial charge on any atom is 0.308 e. The first-order valence-electron chi connectivity index (χ1n) is 9.07. The number of furan rings is 1. The molecule has 132 valence electrons. The van der Waals surface area contributed by atoms with E-state index in [0.29, 0.717) is 13.0 Å². The van der Waals surface area contributed by atoms with Crippen LogP contribution < -0.4 is 0 Å². The van der Waals surface area contributed by atoms with Gasteiger partial charge in [-0.05, 0) is 62.3 Å². The summed E-state index contributed by atoms with van der Waals surface area (Å²) in [5, 5.41) is 10.3. The average Bonchev–Trinajstić information content (AvgIpc) is 3.19. The fourth-order valence-electron chi connectivity index (χ4n) is 4.21. The van der Waals surface area contributed by atoms with Gasteiger partial charge < -0.3 is 14.4 Å². The molecule has 0 spiro atoms. The van der Waals surface area contributed by atoms with E-state index >= 15 is 0 Å². The van der Waals surface area contributed by atoms with Crippen LogP contribution in [0.15, 0.2) is 22.8 Å². The third kappa shape index (κ3) is 2.92. The van der Waals surface area contributed by atoms with Gasteiger partial charge in [-0.2, -0.15) is 0 Å². The molecule has 2 heterocycles. The van der Waals surface area contributed by atoms with Gasteiger partial charge in [0.2, 0.25) is 5.91 Å². The number of aliphatic carboxylic acids is 1. The third-order valence-corrected chi connectivity index (χ3v) is 5.76. The molecule has 1 aromatic carbocycles. The number of carbonyl (C=O) groups is 2. The molecule has 1 aliphatic carbocycles. The van der Waals surface area contributed by atoms with Crippen LogP contribution in [0.1, 0.15) is 42.9 Å². The lowest BCUT2D eigenvalue weighted by Crippen LogP contribution is -2.47. The highest BCUT2D eigenvalue weighted by Crippen LogP contribution is 2.31. The predicted octanol–water partition coefficient (Wildman–Crippen LogP) is 3.18. The Bertz CT molecular complexity index is 838. The van der Waals surface area contributed by atoms with E-state index in [1.807, 2.05) is 6.92 Å². The quantitative estimate of drug-likeness (QED) is 0.931. The molecule has 2 aromatic rings. The van der Waals surface area contributed by atoms with Gasteiger partial charge in [0.1, 0.15) is 5.58 Å². The molecular weight excluding hydrogens is 318 g/mol. The molecule has 2 unspecified atom stereocenters. The van der Waals surface area contributed by atoms with Crippen molar-refractivity contribution in [2.75, 3.05) is 6.54 Å². The van der Waals surface area contributed by atoms with Crippen LogP contribution in [0.3, 0.4) is 0 Å². The number of rotatable bonds is 3. The molecular formula is C20H23NO4. The molecule has 5 nitrogen and oxygen atoms in total. The first-order valence-corrected chi connectivity index (χ1v) is 9.07. The Labute approximate surface area is 146 Å². The summed E-state index contributed by atoms with van der Waals surface area (Å²) < 4.78 is 5.68. The Morgan fingerprint density at radius 2 is 2.00 bits per heavy atom. The fraction of sp³-hybridized carbons (Fsp3) is 0.500. The zero-order chi connectivity index (χ0) is 17.6. The third-order valence-electron chi connectivity index (χ3n) is 5.76. The lowest BCUT2D eigenvalue weighted by atomic mass is 9.93. The molecule has 0 radical (unpaired) electrons. The van der Waals surface area contributed by atoms with Crippen LogP contribution in [0.4, 0.5) is 0 Å². The first-order chi connectivity index (χ1) is 12.0. The van der Waals surface area contributed by atoms with E-state index in [1.54, 1.807) is 11.2 Å². The van der Waals surface area contributed by atoms with Crippen LogP contribution in [-0.4, -0.2) is 34.5 Å². The van der Waals surface area contributed by atoms with Crippen LogP contribution >= 0.6 is 0 Å². The second-order valence-corrected chi connectivity index (χ2v) is 7.42. The van der Waals surface area contributed by atoms with E-state index in [-0.39, 0.29) is 18.4 Å². The molecule has 2 atom stereocenters. The van der Waals surface area contributed by atoms with Crippen molar-refractivity contribution in [3.05, 3.63) is 35.1 Å². The summed E-state index contributed by atoms with van der Waals surface area (Å²) in [6, 6.07) is 4.37. The maximum absolute atomic E-state index is 12.8. The topological polar surface area (TPSA) is 70.8 Å². The molecule has 1 saturated heterocycles. The summed E-state index contributed by atoms with van der Waals surface area (Å²) >= 11 is 0. The summed E-state index contributed by atoms with van der Waals surface area (Å²) in [4.78, 5) is 25.8. The Morgan fingerprint density at radius 1 is 1.24 bits per heavy atom. The maximum atomic E-state index is 12.8. The largest absolute Gasteiger partial charge is 0.481 e. The number of piperidine rings is 1. The van der Waals surface area contributed by atoms with Crippen LogP contribution in [-0.2, 0) is 28.9 Å². The highest BCUT2D eigenvalue weighted by molar-refractivity contribution is 5.89. The molecule has 1 N–H and O–H groups in total. The molecule has 25 heavy (non-hydrogen) atoms. The highest BCUT2D eigenvalue weighted by Gasteiger charge is 2.32. The molecule has 4 rings (SSSR count). The number of aryl methyl sites for hydroxylation is 2.